The molecule has 0 radical (unpaired) electrons. The van der Waals surface area contributed by atoms with Crippen LogP contribution in [0.1, 0.15) is 38.2 Å². The SMILES string of the molecule is CC1(C)CC(=O)C(C(c2ccc(Cl)cc2Cl)C(C#N)C#N)=C(Nc2ccc(S(N)(=O)=O)cc2)C1. The number of hydrogen-bond donors (Lipinski definition) is 2. The minimum Gasteiger partial charge on any atom is -0.359 e. The Hall–Kier alpha value is -2.88. The number of hydrogen-bond acceptors (Lipinski definition) is 6. The molecule has 0 aromatic heterocycles. The number of benzene rings is 2. The predicted octanol–water partition coefficient (Wildman–Crippen LogP) is 5.14. The molecule has 1 aliphatic carbocycles. The van der Waals surface area contributed by atoms with E-state index in [0.717, 1.165) is 0 Å². The first-order valence-corrected chi connectivity index (χ1v) is 12.6. The summed E-state index contributed by atoms with van der Waals surface area (Å²) in [7, 11) is -3.86. The third-order valence-electron chi connectivity index (χ3n) is 5.62. The van der Waals surface area contributed by atoms with E-state index in [9.17, 15) is 23.7 Å². The summed E-state index contributed by atoms with van der Waals surface area (Å²) in [5, 5.41) is 28.5. The zero-order valence-corrected chi connectivity index (χ0v) is 20.8. The molecular formula is C24H22Cl2N4O3S. The fourth-order valence-electron chi connectivity index (χ4n) is 4.14. The van der Waals surface area contributed by atoms with E-state index in [-0.39, 0.29) is 27.5 Å². The van der Waals surface area contributed by atoms with Crippen molar-refractivity contribution in [2.45, 2.75) is 37.5 Å². The molecule has 1 atom stereocenters. The van der Waals surface area contributed by atoms with Crippen molar-refractivity contribution in [3.8, 4) is 12.1 Å². The van der Waals surface area contributed by atoms with E-state index in [0.29, 0.717) is 34.0 Å². The van der Waals surface area contributed by atoms with Gasteiger partial charge in [0.05, 0.1) is 17.0 Å². The average Bonchev–Trinajstić information content (AvgIpc) is 2.72. The second-order valence-electron chi connectivity index (χ2n) is 8.91. The van der Waals surface area contributed by atoms with Gasteiger partial charge in [0, 0.05) is 39.3 Å². The number of carbonyl (C=O) groups is 1. The minimum atomic E-state index is -3.86. The summed E-state index contributed by atoms with van der Waals surface area (Å²) in [5.41, 5.74) is 1.43. The Bertz CT molecular complexity index is 1340. The highest BCUT2D eigenvalue weighted by Crippen LogP contribution is 2.46. The Morgan fingerprint density at radius 1 is 1.06 bits per heavy atom. The van der Waals surface area contributed by atoms with Crippen LogP contribution in [0.3, 0.4) is 0 Å². The molecule has 2 aromatic carbocycles. The van der Waals surface area contributed by atoms with Crippen LogP contribution in [0.4, 0.5) is 5.69 Å². The van der Waals surface area contributed by atoms with Gasteiger partial charge in [-0.15, -0.1) is 0 Å². The lowest BCUT2D eigenvalue weighted by atomic mass is 9.69. The number of Topliss-reactive ketones (excluding diaryl/α,β-unsaturated/α-hetero) is 1. The summed E-state index contributed by atoms with van der Waals surface area (Å²) in [6, 6.07) is 14.5. The van der Waals surface area contributed by atoms with Gasteiger partial charge in [-0.1, -0.05) is 43.1 Å². The van der Waals surface area contributed by atoms with Gasteiger partial charge in [0.15, 0.2) is 5.78 Å². The number of nitriles is 2. The predicted molar refractivity (Wildman–Crippen MR) is 130 cm³/mol. The highest BCUT2D eigenvalue weighted by atomic mass is 35.5. The summed E-state index contributed by atoms with van der Waals surface area (Å²) < 4.78 is 23.2. The lowest BCUT2D eigenvalue weighted by molar-refractivity contribution is -0.118. The van der Waals surface area contributed by atoms with Crippen LogP contribution >= 0.6 is 23.2 Å². The van der Waals surface area contributed by atoms with Crippen molar-refractivity contribution in [2.24, 2.45) is 16.5 Å². The highest BCUT2D eigenvalue weighted by molar-refractivity contribution is 7.89. The molecule has 34 heavy (non-hydrogen) atoms. The van der Waals surface area contributed by atoms with E-state index in [1.807, 2.05) is 26.0 Å². The summed E-state index contributed by atoms with van der Waals surface area (Å²) in [5.74, 6) is -2.29. The molecule has 0 heterocycles. The van der Waals surface area contributed by atoms with Crippen LogP contribution in [0.25, 0.3) is 0 Å². The number of primary sulfonamides is 1. The van der Waals surface area contributed by atoms with Crippen molar-refractivity contribution in [1.82, 2.24) is 0 Å². The first-order valence-electron chi connectivity index (χ1n) is 10.3. The van der Waals surface area contributed by atoms with Crippen LogP contribution < -0.4 is 10.5 Å². The number of halogens is 2. The Kier molecular flexibility index (Phi) is 7.40. The third kappa shape index (κ3) is 5.60. The van der Waals surface area contributed by atoms with Crippen LogP contribution in [-0.4, -0.2) is 14.2 Å². The van der Waals surface area contributed by atoms with Gasteiger partial charge in [0.1, 0.15) is 5.92 Å². The lowest BCUT2D eigenvalue weighted by Gasteiger charge is -2.36. The second-order valence-corrected chi connectivity index (χ2v) is 11.3. The molecule has 7 nitrogen and oxygen atoms in total. The number of nitrogens with one attached hydrogen (secondary N) is 1. The van der Waals surface area contributed by atoms with Crippen molar-refractivity contribution in [2.75, 3.05) is 5.32 Å². The fourth-order valence-corrected chi connectivity index (χ4v) is 5.18. The molecule has 0 spiro atoms. The maximum atomic E-state index is 13.4. The molecule has 0 amide bonds. The topological polar surface area (TPSA) is 137 Å². The molecule has 0 aliphatic heterocycles. The lowest BCUT2D eigenvalue weighted by Crippen LogP contribution is -2.32. The molecule has 3 rings (SSSR count). The molecule has 2 aromatic rings. The van der Waals surface area contributed by atoms with Crippen LogP contribution in [-0.2, 0) is 14.8 Å². The number of ketones is 1. The second kappa shape index (κ2) is 9.77. The summed E-state index contributed by atoms with van der Waals surface area (Å²) in [6.45, 7) is 3.90. The van der Waals surface area contributed by atoms with Crippen LogP contribution in [0.15, 0.2) is 58.6 Å². The standard InChI is InChI=1S/C24H22Cl2N4O3S/c1-24(2)10-20(30-16-4-6-17(7-5-16)34(29,32)33)23(21(31)11-24)22(14(12-27)13-28)18-8-3-15(25)9-19(18)26/h3-9,14,22,30H,10-11H2,1-2H3,(H2,29,32,33). The van der Waals surface area contributed by atoms with E-state index in [1.54, 1.807) is 12.1 Å². The Balaban J connectivity index is 2.20. The maximum absolute atomic E-state index is 13.4. The van der Waals surface area contributed by atoms with Crippen LogP contribution in [0, 0.1) is 34.0 Å². The fraction of sp³-hybridized carbons (Fsp3) is 0.292. The third-order valence-corrected chi connectivity index (χ3v) is 7.11. The van der Waals surface area contributed by atoms with Crippen molar-refractivity contribution in [3.05, 3.63) is 69.3 Å². The average molecular weight is 517 g/mol. The van der Waals surface area contributed by atoms with E-state index in [2.05, 4.69) is 5.32 Å². The van der Waals surface area contributed by atoms with Gasteiger partial charge < -0.3 is 5.32 Å². The molecule has 0 bridgehead atoms. The number of allylic oxidation sites excluding steroid dienone is 2. The quantitative estimate of drug-likeness (QED) is 0.544. The van der Waals surface area contributed by atoms with E-state index < -0.39 is 21.9 Å². The summed E-state index contributed by atoms with van der Waals surface area (Å²) >= 11 is 12.5. The van der Waals surface area contributed by atoms with E-state index in [4.69, 9.17) is 28.3 Å². The molecule has 10 heteroatoms. The summed E-state index contributed by atoms with van der Waals surface area (Å²) in [4.78, 5) is 13.4. The Morgan fingerprint density at radius 3 is 2.21 bits per heavy atom. The molecule has 3 N–H and O–H groups in total. The Labute approximate surface area is 208 Å². The van der Waals surface area contributed by atoms with Crippen molar-refractivity contribution < 1.29 is 13.2 Å². The number of rotatable bonds is 6. The molecule has 0 saturated carbocycles. The van der Waals surface area contributed by atoms with Crippen molar-refractivity contribution in [3.63, 3.8) is 0 Å². The summed E-state index contributed by atoms with van der Waals surface area (Å²) in [6.07, 6.45) is 0.680. The van der Waals surface area contributed by atoms with Crippen molar-refractivity contribution >= 4 is 44.7 Å². The number of sulfonamides is 1. The van der Waals surface area contributed by atoms with Gasteiger partial charge in [-0.25, -0.2) is 13.6 Å². The van der Waals surface area contributed by atoms with E-state index in [1.165, 1.54) is 30.3 Å². The zero-order chi connectivity index (χ0) is 25.3. The number of anilines is 1. The number of nitrogens with zero attached hydrogens (tertiary/aromatic N) is 2. The molecule has 176 valence electrons. The van der Waals surface area contributed by atoms with Crippen molar-refractivity contribution in [1.29, 1.82) is 10.5 Å². The van der Waals surface area contributed by atoms with Gasteiger partial charge in [0.2, 0.25) is 10.0 Å². The molecule has 0 fully saturated rings. The Morgan fingerprint density at radius 2 is 1.68 bits per heavy atom. The molecule has 1 unspecified atom stereocenters. The number of nitrogens with two attached hydrogens (primary N) is 1. The molecular weight excluding hydrogens is 495 g/mol. The monoisotopic (exact) mass is 516 g/mol. The van der Waals surface area contributed by atoms with Gasteiger partial charge in [-0.3, -0.25) is 4.79 Å². The van der Waals surface area contributed by atoms with E-state index >= 15 is 0 Å². The van der Waals surface area contributed by atoms with Gasteiger partial charge in [0.25, 0.3) is 0 Å². The first kappa shape index (κ1) is 25.7. The van der Waals surface area contributed by atoms with Gasteiger partial charge in [-0.05, 0) is 53.8 Å². The minimum absolute atomic E-state index is 0.0489. The first-order chi connectivity index (χ1) is 15.9. The smallest absolute Gasteiger partial charge is 0.238 e. The molecule has 0 saturated heterocycles. The van der Waals surface area contributed by atoms with Gasteiger partial charge >= 0.3 is 0 Å². The number of carbonyl (C=O) groups excluding carboxylic acids is 1. The van der Waals surface area contributed by atoms with Crippen LogP contribution in [0.5, 0.6) is 0 Å². The largest absolute Gasteiger partial charge is 0.359 e. The molecule has 1 aliphatic rings. The normalized spacial score (nSPS) is 16.6. The maximum Gasteiger partial charge on any atom is 0.238 e. The van der Waals surface area contributed by atoms with Gasteiger partial charge in [-0.2, -0.15) is 10.5 Å². The zero-order valence-electron chi connectivity index (χ0n) is 18.5. The highest BCUT2D eigenvalue weighted by Gasteiger charge is 2.40. The van der Waals surface area contributed by atoms with Crippen LogP contribution in [0.2, 0.25) is 10.0 Å².